The normalized spacial score (nSPS) is 13.8. The molecule has 1 aliphatic rings. The van der Waals surface area contributed by atoms with Crippen molar-refractivity contribution in [2.75, 3.05) is 5.73 Å². The van der Waals surface area contributed by atoms with Gasteiger partial charge in [0, 0.05) is 11.8 Å². The fraction of sp³-hybridized carbons (Fsp3) is 0.188. The minimum absolute atomic E-state index is 0.0739. The van der Waals surface area contributed by atoms with Crippen molar-refractivity contribution in [3.05, 3.63) is 52.3 Å². The van der Waals surface area contributed by atoms with Crippen molar-refractivity contribution < 1.29 is 4.39 Å². The van der Waals surface area contributed by atoms with Gasteiger partial charge in [0.05, 0.1) is 16.1 Å². The van der Waals surface area contributed by atoms with Crippen LogP contribution in [0.3, 0.4) is 0 Å². The molecule has 0 spiro atoms. The molecule has 0 atom stereocenters. The van der Waals surface area contributed by atoms with Crippen LogP contribution in [0, 0.1) is 5.82 Å². The van der Waals surface area contributed by atoms with E-state index in [-0.39, 0.29) is 5.02 Å². The monoisotopic (exact) mass is 301 g/mol. The van der Waals surface area contributed by atoms with Crippen LogP contribution in [-0.4, -0.2) is 9.55 Å². The molecule has 3 aromatic rings. The van der Waals surface area contributed by atoms with Gasteiger partial charge in [0.25, 0.3) is 0 Å². The van der Waals surface area contributed by atoms with E-state index in [4.69, 9.17) is 17.3 Å². The number of nitrogen functional groups attached to an aromatic ring is 1. The zero-order chi connectivity index (χ0) is 14.6. The van der Waals surface area contributed by atoms with Crippen LogP contribution < -0.4 is 5.73 Å². The molecule has 0 fully saturated rings. The highest BCUT2D eigenvalue weighted by atomic mass is 35.5. The van der Waals surface area contributed by atoms with Crippen molar-refractivity contribution in [1.29, 1.82) is 0 Å². The molecule has 3 nitrogen and oxygen atoms in total. The molecule has 1 heterocycles. The Labute approximate surface area is 126 Å². The average Bonchev–Trinajstić information content (AvgIpc) is 3.02. The quantitative estimate of drug-likeness (QED) is 0.741. The zero-order valence-corrected chi connectivity index (χ0v) is 12.0. The Kier molecular flexibility index (Phi) is 2.69. The molecule has 106 valence electrons. The third-order valence-corrected chi connectivity index (χ3v) is 4.35. The number of aryl methyl sites for hydroxylation is 2. The van der Waals surface area contributed by atoms with Crippen molar-refractivity contribution in [2.45, 2.75) is 19.3 Å². The van der Waals surface area contributed by atoms with Crippen molar-refractivity contribution >= 4 is 28.6 Å². The maximum Gasteiger partial charge on any atom is 0.205 e. The first kappa shape index (κ1) is 12.7. The predicted octanol–water partition coefficient (Wildman–Crippen LogP) is 3.89. The number of benzene rings is 2. The summed E-state index contributed by atoms with van der Waals surface area (Å²) in [6.07, 6.45) is 3.41. The number of nitrogens with zero attached hydrogens (tertiary/aromatic N) is 2. The molecule has 0 saturated heterocycles. The maximum absolute atomic E-state index is 13.5. The SMILES string of the molecule is Nc1nc2cc(F)c(Cl)cc2n1-c1ccc2c(c1)CCC2. The fourth-order valence-electron chi connectivity index (χ4n) is 3.06. The van der Waals surface area contributed by atoms with E-state index in [2.05, 4.69) is 17.1 Å². The molecule has 5 heteroatoms. The molecule has 0 bridgehead atoms. The van der Waals surface area contributed by atoms with E-state index in [1.54, 1.807) is 6.07 Å². The van der Waals surface area contributed by atoms with Crippen LogP contribution in [0.4, 0.5) is 10.3 Å². The van der Waals surface area contributed by atoms with Gasteiger partial charge in [-0.1, -0.05) is 17.7 Å². The lowest BCUT2D eigenvalue weighted by Crippen LogP contribution is -2.01. The number of fused-ring (bicyclic) bond motifs is 2. The molecule has 0 aliphatic heterocycles. The number of hydrogen-bond acceptors (Lipinski definition) is 2. The zero-order valence-electron chi connectivity index (χ0n) is 11.2. The predicted molar refractivity (Wildman–Crippen MR) is 82.5 cm³/mol. The second-order valence-corrected chi connectivity index (χ2v) is 5.77. The lowest BCUT2D eigenvalue weighted by atomic mass is 10.1. The molecule has 1 aliphatic carbocycles. The van der Waals surface area contributed by atoms with Crippen LogP contribution in [0.15, 0.2) is 30.3 Å². The van der Waals surface area contributed by atoms with E-state index < -0.39 is 5.82 Å². The summed E-state index contributed by atoms with van der Waals surface area (Å²) >= 11 is 5.89. The summed E-state index contributed by atoms with van der Waals surface area (Å²) in [5, 5.41) is 0.0739. The van der Waals surface area contributed by atoms with Gasteiger partial charge in [-0.25, -0.2) is 9.37 Å². The summed E-state index contributed by atoms with van der Waals surface area (Å²) in [4.78, 5) is 4.23. The second-order valence-electron chi connectivity index (χ2n) is 5.37. The Morgan fingerprint density at radius 2 is 1.95 bits per heavy atom. The van der Waals surface area contributed by atoms with E-state index in [1.165, 1.54) is 23.6 Å². The van der Waals surface area contributed by atoms with Gasteiger partial charge in [-0.05, 0) is 48.6 Å². The van der Waals surface area contributed by atoms with Gasteiger partial charge in [0.1, 0.15) is 5.82 Å². The third-order valence-electron chi connectivity index (χ3n) is 4.06. The Morgan fingerprint density at radius 1 is 1.14 bits per heavy atom. The van der Waals surface area contributed by atoms with Crippen LogP contribution in [0.1, 0.15) is 17.5 Å². The summed E-state index contributed by atoms with van der Waals surface area (Å²) in [7, 11) is 0. The van der Waals surface area contributed by atoms with E-state index in [1.807, 2.05) is 10.6 Å². The molecule has 0 amide bonds. The van der Waals surface area contributed by atoms with Crippen molar-refractivity contribution in [2.24, 2.45) is 0 Å². The third kappa shape index (κ3) is 1.90. The first-order valence-electron chi connectivity index (χ1n) is 6.88. The van der Waals surface area contributed by atoms with E-state index in [9.17, 15) is 4.39 Å². The molecule has 4 rings (SSSR count). The minimum atomic E-state index is -0.484. The first-order chi connectivity index (χ1) is 10.1. The van der Waals surface area contributed by atoms with Crippen LogP contribution >= 0.6 is 11.6 Å². The molecule has 1 aromatic heterocycles. The molecule has 21 heavy (non-hydrogen) atoms. The van der Waals surface area contributed by atoms with Gasteiger partial charge in [-0.15, -0.1) is 0 Å². The van der Waals surface area contributed by atoms with Gasteiger partial charge in [-0.2, -0.15) is 0 Å². The number of rotatable bonds is 1. The molecule has 0 unspecified atom stereocenters. The summed E-state index contributed by atoms with van der Waals surface area (Å²) < 4.78 is 15.4. The second kappa shape index (κ2) is 4.46. The molecule has 0 radical (unpaired) electrons. The largest absolute Gasteiger partial charge is 0.369 e. The molecular formula is C16H13ClFN3. The topological polar surface area (TPSA) is 43.8 Å². The Bertz CT molecular complexity index is 870. The number of halogens is 2. The Balaban J connectivity index is 1.97. The standard InChI is InChI=1S/C16H13ClFN3/c17-12-7-15-14(8-13(12)18)20-16(19)21(15)11-5-4-9-2-1-3-10(9)6-11/h4-8H,1-3H2,(H2,19,20). The minimum Gasteiger partial charge on any atom is -0.369 e. The summed E-state index contributed by atoms with van der Waals surface area (Å²) in [5.74, 6) is -0.146. The van der Waals surface area contributed by atoms with Crippen LogP contribution in [0.25, 0.3) is 16.7 Å². The number of anilines is 1. The number of aromatic nitrogens is 2. The van der Waals surface area contributed by atoms with Gasteiger partial charge in [0.15, 0.2) is 0 Å². The number of hydrogen-bond donors (Lipinski definition) is 1. The van der Waals surface area contributed by atoms with Crippen molar-refractivity contribution in [1.82, 2.24) is 9.55 Å². The van der Waals surface area contributed by atoms with Crippen molar-refractivity contribution in [3.63, 3.8) is 0 Å². The number of imidazole rings is 1. The van der Waals surface area contributed by atoms with Gasteiger partial charge in [-0.3, -0.25) is 4.57 Å². The highest BCUT2D eigenvalue weighted by Crippen LogP contribution is 2.30. The highest BCUT2D eigenvalue weighted by molar-refractivity contribution is 6.31. The van der Waals surface area contributed by atoms with Crippen LogP contribution in [0.5, 0.6) is 0 Å². The summed E-state index contributed by atoms with van der Waals surface area (Å²) in [6.45, 7) is 0. The molecule has 0 saturated carbocycles. The van der Waals surface area contributed by atoms with E-state index >= 15 is 0 Å². The van der Waals surface area contributed by atoms with E-state index in [0.29, 0.717) is 11.5 Å². The highest BCUT2D eigenvalue weighted by Gasteiger charge is 2.16. The first-order valence-corrected chi connectivity index (χ1v) is 7.26. The average molecular weight is 302 g/mol. The molecule has 2 N–H and O–H groups in total. The molecule has 2 aromatic carbocycles. The van der Waals surface area contributed by atoms with Crippen molar-refractivity contribution in [3.8, 4) is 5.69 Å². The number of nitrogens with two attached hydrogens (primary N) is 1. The maximum atomic E-state index is 13.5. The van der Waals surface area contributed by atoms with Crippen LogP contribution in [0.2, 0.25) is 5.02 Å². The van der Waals surface area contributed by atoms with Gasteiger partial charge < -0.3 is 5.73 Å². The van der Waals surface area contributed by atoms with Crippen LogP contribution in [-0.2, 0) is 12.8 Å². The van der Waals surface area contributed by atoms with E-state index in [0.717, 1.165) is 24.0 Å². The lowest BCUT2D eigenvalue weighted by Gasteiger charge is -2.09. The fourth-order valence-corrected chi connectivity index (χ4v) is 3.22. The summed E-state index contributed by atoms with van der Waals surface area (Å²) in [5.41, 5.74) is 10.9. The smallest absolute Gasteiger partial charge is 0.205 e. The lowest BCUT2D eigenvalue weighted by molar-refractivity contribution is 0.630. The van der Waals surface area contributed by atoms with Gasteiger partial charge in [0.2, 0.25) is 5.95 Å². The molecular weight excluding hydrogens is 289 g/mol. The van der Waals surface area contributed by atoms with Gasteiger partial charge >= 0.3 is 0 Å². The Hall–Kier alpha value is -2.07. The summed E-state index contributed by atoms with van der Waals surface area (Å²) in [6, 6.07) is 9.19. The Morgan fingerprint density at radius 3 is 2.81 bits per heavy atom.